The highest BCUT2D eigenvalue weighted by atomic mass is 16.5. The third-order valence-corrected chi connectivity index (χ3v) is 4.41. The summed E-state index contributed by atoms with van der Waals surface area (Å²) in [5.74, 6) is 1.12. The molecule has 0 amide bonds. The Bertz CT molecular complexity index is 538. The number of fused-ring (bicyclic) bond motifs is 3. The van der Waals surface area contributed by atoms with Crippen molar-refractivity contribution in [2.24, 2.45) is 4.99 Å². The van der Waals surface area contributed by atoms with Crippen molar-refractivity contribution in [2.75, 3.05) is 49.2 Å². The van der Waals surface area contributed by atoms with Crippen LogP contribution in [0, 0.1) is 0 Å². The number of guanidine groups is 1. The fourth-order valence-electron chi connectivity index (χ4n) is 3.36. The number of rotatable bonds is 2. The largest absolute Gasteiger partial charge is 0.379 e. The van der Waals surface area contributed by atoms with E-state index in [9.17, 15) is 0 Å². The minimum atomic E-state index is 0.321. The van der Waals surface area contributed by atoms with Crippen molar-refractivity contribution < 1.29 is 4.74 Å². The summed E-state index contributed by atoms with van der Waals surface area (Å²) >= 11 is 0. The van der Waals surface area contributed by atoms with Crippen molar-refractivity contribution in [1.29, 1.82) is 0 Å². The van der Waals surface area contributed by atoms with Gasteiger partial charge in [0.15, 0.2) is 0 Å². The second kappa shape index (κ2) is 4.75. The van der Waals surface area contributed by atoms with E-state index in [1.54, 1.807) is 0 Å². The number of para-hydroxylation sites is 2. The van der Waals surface area contributed by atoms with Crippen molar-refractivity contribution in [1.82, 2.24) is 4.90 Å². The van der Waals surface area contributed by atoms with Crippen LogP contribution in [-0.4, -0.2) is 56.4 Å². The van der Waals surface area contributed by atoms with Gasteiger partial charge in [-0.25, -0.2) is 0 Å². The molecule has 1 aromatic carbocycles. The molecule has 5 nitrogen and oxygen atoms in total. The Morgan fingerprint density at radius 2 is 1.85 bits per heavy atom. The van der Waals surface area contributed by atoms with Gasteiger partial charge in [-0.15, -0.1) is 0 Å². The van der Waals surface area contributed by atoms with Crippen LogP contribution in [0.25, 0.3) is 0 Å². The van der Waals surface area contributed by atoms with Gasteiger partial charge in [-0.1, -0.05) is 12.1 Å². The molecular weight excluding hydrogens is 252 g/mol. The molecule has 3 aliphatic rings. The van der Waals surface area contributed by atoms with Crippen LogP contribution in [0.5, 0.6) is 0 Å². The highest BCUT2D eigenvalue weighted by Crippen LogP contribution is 2.40. The first-order valence-electron chi connectivity index (χ1n) is 7.38. The minimum Gasteiger partial charge on any atom is -0.379 e. The molecule has 20 heavy (non-hydrogen) atoms. The average Bonchev–Trinajstić information content (AvgIpc) is 3.08. The molecule has 1 saturated heterocycles. The summed E-state index contributed by atoms with van der Waals surface area (Å²) in [6.07, 6.45) is 0.321. The van der Waals surface area contributed by atoms with Gasteiger partial charge in [0.25, 0.3) is 0 Å². The van der Waals surface area contributed by atoms with Gasteiger partial charge in [0.1, 0.15) is 0 Å². The number of hydrogen-bond donors (Lipinski definition) is 0. The van der Waals surface area contributed by atoms with Gasteiger partial charge in [0.2, 0.25) is 5.96 Å². The molecule has 1 aromatic rings. The van der Waals surface area contributed by atoms with E-state index < -0.39 is 0 Å². The van der Waals surface area contributed by atoms with Gasteiger partial charge in [-0.2, -0.15) is 0 Å². The molecule has 0 saturated carbocycles. The number of anilines is 2. The highest BCUT2D eigenvalue weighted by Gasteiger charge is 2.39. The Labute approximate surface area is 119 Å². The molecule has 3 heterocycles. The zero-order valence-electron chi connectivity index (χ0n) is 11.8. The molecule has 1 atom stereocenters. The summed E-state index contributed by atoms with van der Waals surface area (Å²) in [6.45, 7) is 7.81. The standard InChI is InChI=1S/C15H20N4O/c1-12(17-8-10-20-11-9-17)19-14-5-3-2-4-13(14)18-7-6-16-15(18)19/h2-5,12H,6-11H2,1H3. The summed E-state index contributed by atoms with van der Waals surface area (Å²) in [5.41, 5.74) is 2.58. The van der Waals surface area contributed by atoms with E-state index in [1.807, 2.05) is 0 Å². The SMILES string of the molecule is CC(N1CCOCC1)N1C2=NCCN2c2ccccc21. The Morgan fingerprint density at radius 1 is 1.10 bits per heavy atom. The highest BCUT2D eigenvalue weighted by molar-refractivity contribution is 6.17. The molecule has 0 aliphatic carbocycles. The second-order valence-corrected chi connectivity index (χ2v) is 5.47. The Kier molecular flexibility index (Phi) is 2.89. The van der Waals surface area contributed by atoms with E-state index in [1.165, 1.54) is 11.4 Å². The predicted octanol–water partition coefficient (Wildman–Crippen LogP) is 1.36. The molecule has 1 fully saturated rings. The summed E-state index contributed by atoms with van der Waals surface area (Å²) in [5, 5.41) is 0. The van der Waals surface area contributed by atoms with Gasteiger partial charge in [0, 0.05) is 19.6 Å². The van der Waals surface area contributed by atoms with E-state index in [0.29, 0.717) is 6.17 Å². The first-order chi connectivity index (χ1) is 9.86. The first-order valence-corrected chi connectivity index (χ1v) is 7.38. The van der Waals surface area contributed by atoms with Gasteiger partial charge < -0.3 is 9.64 Å². The second-order valence-electron chi connectivity index (χ2n) is 5.47. The molecule has 1 unspecified atom stereocenters. The Balaban J connectivity index is 1.69. The summed E-state index contributed by atoms with van der Waals surface area (Å²) < 4.78 is 5.47. The Hall–Kier alpha value is -1.59. The number of hydrogen-bond acceptors (Lipinski definition) is 5. The maximum absolute atomic E-state index is 5.47. The lowest BCUT2D eigenvalue weighted by atomic mass is 10.2. The summed E-state index contributed by atoms with van der Waals surface area (Å²) in [4.78, 5) is 11.9. The van der Waals surface area contributed by atoms with Crippen LogP contribution in [0.1, 0.15) is 6.92 Å². The van der Waals surface area contributed by atoms with E-state index in [2.05, 4.69) is 45.9 Å². The number of aliphatic imine (C=N–C) groups is 1. The van der Waals surface area contributed by atoms with Crippen LogP contribution in [0.4, 0.5) is 11.4 Å². The zero-order valence-corrected chi connectivity index (χ0v) is 11.8. The Morgan fingerprint density at radius 3 is 2.65 bits per heavy atom. The first kappa shape index (κ1) is 12.2. The van der Waals surface area contributed by atoms with Crippen molar-refractivity contribution in [3.63, 3.8) is 0 Å². The smallest absolute Gasteiger partial charge is 0.207 e. The lowest BCUT2D eigenvalue weighted by Crippen LogP contribution is -2.53. The fraction of sp³-hybridized carbons (Fsp3) is 0.533. The predicted molar refractivity (Wildman–Crippen MR) is 80.4 cm³/mol. The quantitative estimate of drug-likeness (QED) is 0.813. The van der Waals surface area contributed by atoms with E-state index >= 15 is 0 Å². The van der Waals surface area contributed by atoms with Crippen molar-refractivity contribution >= 4 is 17.3 Å². The van der Waals surface area contributed by atoms with E-state index in [-0.39, 0.29) is 0 Å². The number of morpholine rings is 1. The molecule has 0 N–H and O–H groups in total. The van der Waals surface area contributed by atoms with E-state index in [0.717, 1.165) is 45.4 Å². The third kappa shape index (κ3) is 1.73. The fourth-order valence-corrected chi connectivity index (χ4v) is 3.36. The molecule has 0 spiro atoms. The van der Waals surface area contributed by atoms with Gasteiger partial charge in [-0.3, -0.25) is 14.8 Å². The van der Waals surface area contributed by atoms with Crippen molar-refractivity contribution in [3.05, 3.63) is 24.3 Å². The molecule has 0 aromatic heterocycles. The van der Waals surface area contributed by atoms with Crippen LogP contribution < -0.4 is 9.80 Å². The molecule has 0 bridgehead atoms. The number of ether oxygens (including phenoxy) is 1. The lowest BCUT2D eigenvalue weighted by Gasteiger charge is -2.38. The van der Waals surface area contributed by atoms with Crippen molar-refractivity contribution in [2.45, 2.75) is 13.1 Å². The normalized spacial score (nSPS) is 23.6. The monoisotopic (exact) mass is 272 g/mol. The van der Waals surface area contributed by atoms with Crippen LogP contribution in [0.3, 0.4) is 0 Å². The van der Waals surface area contributed by atoms with Crippen molar-refractivity contribution in [3.8, 4) is 0 Å². The minimum absolute atomic E-state index is 0.321. The molecule has 4 rings (SSSR count). The van der Waals surface area contributed by atoms with Crippen LogP contribution in [-0.2, 0) is 4.74 Å². The molecule has 5 heteroatoms. The van der Waals surface area contributed by atoms with Crippen LogP contribution in [0.2, 0.25) is 0 Å². The topological polar surface area (TPSA) is 31.3 Å². The number of benzene rings is 1. The zero-order chi connectivity index (χ0) is 13.5. The van der Waals surface area contributed by atoms with Gasteiger partial charge in [-0.05, 0) is 19.1 Å². The molecule has 0 radical (unpaired) electrons. The molecule has 106 valence electrons. The van der Waals surface area contributed by atoms with Gasteiger partial charge in [0.05, 0.1) is 37.3 Å². The van der Waals surface area contributed by atoms with Crippen LogP contribution in [0.15, 0.2) is 29.3 Å². The number of nitrogens with zero attached hydrogens (tertiary/aromatic N) is 4. The third-order valence-electron chi connectivity index (χ3n) is 4.41. The summed E-state index contributed by atoms with van der Waals surface area (Å²) in [6, 6.07) is 8.62. The molecule has 3 aliphatic heterocycles. The maximum atomic E-state index is 5.47. The van der Waals surface area contributed by atoms with Crippen LogP contribution >= 0.6 is 0 Å². The van der Waals surface area contributed by atoms with E-state index in [4.69, 9.17) is 9.73 Å². The maximum Gasteiger partial charge on any atom is 0.207 e. The van der Waals surface area contributed by atoms with Gasteiger partial charge >= 0.3 is 0 Å². The lowest BCUT2D eigenvalue weighted by molar-refractivity contribution is 0.0221. The molecular formula is C15H20N4O. The summed E-state index contributed by atoms with van der Waals surface area (Å²) in [7, 11) is 0. The average molecular weight is 272 g/mol.